The Morgan fingerprint density at radius 1 is 0.909 bits per heavy atom. The molecule has 1 unspecified atom stereocenters. The number of rotatable bonds is 5. The predicted molar refractivity (Wildman–Crippen MR) is 125 cm³/mol. The van der Waals surface area contributed by atoms with E-state index in [-0.39, 0.29) is 17.4 Å². The molecule has 1 heterocycles. The summed E-state index contributed by atoms with van der Waals surface area (Å²) in [6.07, 6.45) is 2.84. The number of nitrogens with zero attached hydrogens (tertiary/aromatic N) is 1. The van der Waals surface area contributed by atoms with Gasteiger partial charge in [0, 0.05) is 34.5 Å². The number of aliphatic hydroxyl groups excluding tert-OH is 1. The number of allylic oxidation sites excluding steroid dienone is 1. The first-order valence-electron chi connectivity index (χ1n) is 10.4. The number of ketones is 1. The maximum absolute atomic E-state index is 13.5. The van der Waals surface area contributed by atoms with Crippen LogP contribution in [0.2, 0.25) is 0 Å². The van der Waals surface area contributed by atoms with E-state index in [1.54, 1.807) is 24.3 Å². The van der Waals surface area contributed by atoms with Gasteiger partial charge in [0.1, 0.15) is 6.04 Å². The van der Waals surface area contributed by atoms with Gasteiger partial charge in [-0.1, -0.05) is 66.7 Å². The number of carbonyl (C=O) groups excluding carboxylic acids is 1. The molecule has 0 amide bonds. The minimum Gasteiger partial charge on any atom is -0.504 e. The number of carboxylic acids is 1. The van der Waals surface area contributed by atoms with Crippen molar-refractivity contribution in [2.24, 2.45) is 0 Å². The van der Waals surface area contributed by atoms with E-state index in [0.717, 1.165) is 11.1 Å². The number of carbonyl (C=O) groups is 2. The van der Waals surface area contributed by atoms with Gasteiger partial charge >= 0.3 is 5.97 Å². The summed E-state index contributed by atoms with van der Waals surface area (Å²) in [6.45, 7) is 0. The van der Waals surface area contributed by atoms with Crippen LogP contribution in [0.1, 0.15) is 27.5 Å². The van der Waals surface area contributed by atoms with Gasteiger partial charge in [-0.2, -0.15) is 0 Å². The third-order valence-electron chi connectivity index (χ3n) is 5.97. The average molecular weight is 437 g/mol. The molecule has 0 spiro atoms. The van der Waals surface area contributed by atoms with Crippen LogP contribution in [0, 0.1) is 0 Å². The summed E-state index contributed by atoms with van der Waals surface area (Å²) in [5, 5.41) is 21.0. The van der Waals surface area contributed by atoms with Gasteiger partial charge in [-0.15, -0.1) is 0 Å². The Kier molecular flexibility index (Phi) is 4.90. The van der Waals surface area contributed by atoms with E-state index < -0.39 is 29.1 Å². The lowest BCUT2D eigenvalue weighted by Crippen LogP contribution is -2.32. The van der Waals surface area contributed by atoms with Crippen molar-refractivity contribution < 1.29 is 19.8 Å². The molecule has 1 aromatic heterocycles. The molecule has 1 aliphatic carbocycles. The van der Waals surface area contributed by atoms with Crippen LogP contribution >= 0.6 is 0 Å². The molecule has 0 fully saturated rings. The number of aliphatic carboxylic acids is 1. The van der Waals surface area contributed by atoms with Crippen molar-refractivity contribution in [1.29, 1.82) is 0 Å². The monoisotopic (exact) mass is 437 g/mol. The Balaban J connectivity index is 1.77. The van der Waals surface area contributed by atoms with Crippen LogP contribution in [-0.2, 0) is 11.2 Å². The molecule has 0 aliphatic heterocycles. The molecule has 6 nitrogen and oxygen atoms in total. The molecule has 4 aromatic rings. The summed E-state index contributed by atoms with van der Waals surface area (Å²) in [4.78, 5) is 38.6. The van der Waals surface area contributed by atoms with Crippen molar-refractivity contribution in [3.05, 3.63) is 112 Å². The second-order valence-electron chi connectivity index (χ2n) is 7.98. The number of Topliss-reactive ketones (excluding diaryl/α,β-unsaturated/α-hetero) is 1. The Bertz CT molecular complexity index is 1500. The zero-order valence-corrected chi connectivity index (χ0v) is 17.4. The van der Waals surface area contributed by atoms with Crippen LogP contribution in [0.15, 0.2) is 89.5 Å². The lowest BCUT2D eigenvalue weighted by atomic mass is 9.86. The maximum Gasteiger partial charge on any atom is 0.327 e. The second kappa shape index (κ2) is 7.91. The Morgan fingerprint density at radius 2 is 1.58 bits per heavy atom. The van der Waals surface area contributed by atoms with Crippen LogP contribution in [-0.4, -0.2) is 26.5 Å². The van der Waals surface area contributed by atoms with Crippen molar-refractivity contribution in [2.45, 2.75) is 12.5 Å². The number of benzene rings is 3. The lowest BCUT2D eigenvalue weighted by molar-refractivity contribution is -0.141. The van der Waals surface area contributed by atoms with Gasteiger partial charge in [0.15, 0.2) is 5.76 Å². The van der Waals surface area contributed by atoms with E-state index in [0.29, 0.717) is 16.5 Å². The van der Waals surface area contributed by atoms with Crippen LogP contribution in [0.25, 0.3) is 28.0 Å². The smallest absolute Gasteiger partial charge is 0.327 e. The molecular weight excluding hydrogens is 418 g/mol. The highest BCUT2D eigenvalue weighted by molar-refractivity contribution is 6.24. The largest absolute Gasteiger partial charge is 0.504 e. The van der Waals surface area contributed by atoms with E-state index in [4.69, 9.17) is 0 Å². The summed E-state index contributed by atoms with van der Waals surface area (Å²) >= 11 is 0. The highest BCUT2D eigenvalue weighted by atomic mass is 16.4. The fourth-order valence-corrected chi connectivity index (χ4v) is 4.41. The third-order valence-corrected chi connectivity index (χ3v) is 5.97. The topological polar surface area (TPSA) is 96.6 Å². The summed E-state index contributed by atoms with van der Waals surface area (Å²) in [7, 11) is 0. The summed E-state index contributed by atoms with van der Waals surface area (Å²) in [5.41, 5.74) is 2.33. The highest BCUT2D eigenvalue weighted by Crippen LogP contribution is 2.36. The highest BCUT2D eigenvalue weighted by Gasteiger charge is 2.29. The summed E-state index contributed by atoms with van der Waals surface area (Å²) < 4.78 is 1.18. The van der Waals surface area contributed by atoms with Crippen LogP contribution in [0.5, 0.6) is 0 Å². The molecule has 5 rings (SSSR count). The van der Waals surface area contributed by atoms with Gasteiger partial charge in [0.2, 0.25) is 5.78 Å². The van der Waals surface area contributed by atoms with Crippen molar-refractivity contribution in [1.82, 2.24) is 4.57 Å². The first-order valence-corrected chi connectivity index (χ1v) is 10.4. The Hall–Kier alpha value is -4.45. The summed E-state index contributed by atoms with van der Waals surface area (Å²) in [5.74, 6) is -2.16. The molecule has 1 atom stereocenters. The van der Waals surface area contributed by atoms with Gasteiger partial charge in [-0.05, 0) is 28.8 Å². The number of aliphatic hydroxyl groups is 1. The molecule has 2 N–H and O–H groups in total. The molecule has 0 saturated carbocycles. The van der Waals surface area contributed by atoms with Gasteiger partial charge in [0.05, 0.1) is 0 Å². The van der Waals surface area contributed by atoms with E-state index in [1.807, 2.05) is 48.5 Å². The Labute approximate surface area is 188 Å². The van der Waals surface area contributed by atoms with E-state index in [1.165, 1.54) is 16.8 Å². The van der Waals surface area contributed by atoms with Crippen molar-refractivity contribution >= 4 is 28.6 Å². The van der Waals surface area contributed by atoms with Crippen LogP contribution < -0.4 is 5.56 Å². The molecule has 0 bridgehead atoms. The molecule has 3 aromatic carbocycles. The first kappa shape index (κ1) is 20.5. The lowest BCUT2D eigenvalue weighted by Gasteiger charge is -2.22. The van der Waals surface area contributed by atoms with Crippen molar-refractivity contribution in [3.63, 3.8) is 0 Å². The van der Waals surface area contributed by atoms with Gasteiger partial charge in [0.25, 0.3) is 5.56 Å². The average Bonchev–Trinajstić information content (AvgIpc) is 2.83. The van der Waals surface area contributed by atoms with Gasteiger partial charge in [-0.25, -0.2) is 4.79 Å². The summed E-state index contributed by atoms with van der Waals surface area (Å²) in [6, 6.07) is 20.5. The van der Waals surface area contributed by atoms with Gasteiger partial charge < -0.3 is 10.2 Å². The SMILES string of the molecule is O=C1C(O)=Cc2cn(C(Cc3ccccc3)C(=O)O)c(=O)c3ccc(-c4ccccc4)c1c23. The zero-order chi connectivity index (χ0) is 23.1. The van der Waals surface area contributed by atoms with Crippen LogP contribution in [0.4, 0.5) is 0 Å². The molecule has 162 valence electrons. The van der Waals surface area contributed by atoms with E-state index in [9.17, 15) is 24.6 Å². The van der Waals surface area contributed by atoms with Crippen molar-refractivity contribution in [2.75, 3.05) is 0 Å². The molecular formula is C27H19NO5. The second-order valence-corrected chi connectivity index (χ2v) is 7.98. The minimum absolute atomic E-state index is 0.116. The molecule has 0 saturated heterocycles. The van der Waals surface area contributed by atoms with E-state index >= 15 is 0 Å². The number of hydrogen-bond acceptors (Lipinski definition) is 4. The fraction of sp³-hybridized carbons (Fsp3) is 0.0741. The van der Waals surface area contributed by atoms with Gasteiger partial charge in [-0.3, -0.25) is 14.2 Å². The zero-order valence-electron chi connectivity index (χ0n) is 17.4. The molecule has 33 heavy (non-hydrogen) atoms. The number of hydrogen-bond donors (Lipinski definition) is 2. The first-order chi connectivity index (χ1) is 16.0. The molecule has 1 aliphatic rings. The van der Waals surface area contributed by atoms with Crippen molar-refractivity contribution in [3.8, 4) is 11.1 Å². The maximum atomic E-state index is 13.5. The number of aromatic nitrogens is 1. The molecule has 0 radical (unpaired) electrons. The molecule has 6 heteroatoms. The van der Waals surface area contributed by atoms with Crippen LogP contribution in [0.3, 0.4) is 0 Å². The predicted octanol–water partition coefficient (Wildman–Crippen LogP) is 4.63. The Morgan fingerprint density at radius 3 is 2.24 bits per heavy atom. The third kappa shape index (κ3) is 3.42. The number of carboxylic acid groups (broad SMARTS) is 1. The standard InChI is InChI=1S/C27H19NO5/c29-22-14-18-15-28(21(27(32)33)13-16-7-3-1-4-8-16)26(31)20-12-11-19(17-9-5-2-6-10-17)24(23(18)20)25(22)30/h1-12,14-15,21,29H,13H2,(H,32,33). The number of pyridine rings is 1. The normalized spacial score (nSPS) is 13.6. The fourth-order valence-electron chi connectivity index (χ4n) is 4.41. The van der Waals surface area contributed by atoms with E-state index in [2.05, 4.69) is 0 Å². The minimum atomic E-state index is -1.15. The quantitative estimate of drug-likeness (QED) is 0.474.